The number of nitrogens with zero attached hydrogens (tertiary/aromatic N) is 1. The van der Waals surface area contributed by atoms with Gasteiger partial charge in [0.15, 0.2) is 6.61 Å². The summed E-state index contributed by atoms with van der Waals surface area (Å²) < 4.78 is 4.36. The zero-order valence-electron chi connectivity index (χ0n) is 6.61. The second kappa shape index (κ2) is 5.22. The minimum absolute atomic E-state index is 0.279. The van der Waals surface area contributed by atoms with E-state index in [0.29, 0.717) is 0 Å². The smallest absolute Gasteiger partial charge is 0.313 e. The zero-order valence-corrected chi connectivity index (χ0v) is 6.61. The average Bonchev–Trinajstić information content (AvgIpc) is 1.84. The Hall–Kier alpha value is -1.46. The van der Waals surface area contributed by atoms with Gasteiger partial charge in [-0.1, -0.05) is 0 Å². The summed E-state index contributed by atoms with van der Waals surface area (Å²) >= 11 is 0. The van der Waals surface area contributed by atoms with Gasteiger partial charge in [0, 0.05) is 4.92 Å². The van der Waals surface area contributed by atoms with Gasteiger partial charge in [-0.3, -0.25) is 19.7 Å². The highest BCUT2D eigenvalue weighted by Gasteiger charge is 2.07. The third-order valence-corrected chi connectivity index (χ3v) is 0.930. The standard InChI is InChI=1S/C6H9NO5/c1-5(8)4-6(9)12-3-2-7(10)11/h2-4H2,1H3. The lowest BCUT2D eigenvalue weighted by Crippen LogP contribution is -2.15. The lowest BCUT2D eigenvalue weighted by atomic mass is 10.3. The molecule has 6 heteroatoms. The maximum Gasteiger partial charge on any atom is 0.313 e. The van der Waals surface area contributed by atoms with E-state index in [4.69, 9.17) is 0 Å². The molecule has 0 rings (SSSR count). The summed E-state index contributed by atoms with van der Waals surface area (Å²) in [6.45, 7) is 0.539. The zero-order chi connectivity index (χ0) is 9.56. The van der Waals surface area contributed by atoms with Crippen molar-refractivity contribution in [1.82, 2.24) is 0 Å². The molecule has 0 unspecified atom stereocenters. The van der Waals surface area contributed by atoms with Crippen LogP contribution in [-0.2, 0) is 14.3 Å². The molecule has 0 spiro atoms. The van der Waals surface area contributed by atoms with Crippen LogP contribution in [-0.4, -0.2) is 29.8 Å². The van der Waals surface area contributed by atoms with E-state index in [2.05, 4.69) is 4.74 Å². The molecule has 68 valence electrons. The van der Waals surface area contributed by atoms with Gasteiger partial charge in [0.25, 0.3) is 0 Å². The summed E-state index contributed by atoms with van der Waals surface area (Å²) in [7, 11) is 0. The molecule has 0 amide bonds. The van der Waals surface area contributed by atoms with Crippen LogP contribution in [0.25, 0.3) is 0 Å². The summed E-state index contributed by atoms with van der Waals surface area (Å²) in [6.07, 6.45) is -0.322. The third kappa shape index (κ3) is 6.66. The Morgan fingerprint density at radius 3 is 2.50 bits per heavy atom. The number of carbonyl (C=O) groups is 2. The molecule has 0 aromatic carbocycles. The molecule has 0 aliphatic rings. The lowest BCUT2D eigenvalue weighted by Gasteiger charge is -1.98. The SMILES string of the molecule is CC(=O)CC(=O)OCC[N+](=O)[O-]. The Balaban J connectivity index is 3.44. The molecule has 0 atom stereocenters. The number of ketones is 1. The number of hydrogen-bond donors (Lipinski definition) is 0. The van der Waals surface area contributed by atoms with Crippen molar-refractivity contribution in [2.45, 2.75) is 13.3 Å². The quantitative estimate of drug-likeness (QED) is 0.249. The molecule has 0 bridgehead atoms. The van der Waals surface area contributed by atoms with Crippen molar-refractivity contribution in [3.05, 3.63) is 10.1 Å². The Labute approximate surface area is 68.7 Å². The fourth-order valence-corrected chi connectivity index (χ4v) is 0.488. The minimum atomic E-state index is -0.718. The normalized spacial score (nSPS) is 9.08. The van der Waals surface area contributed by atoms with Crippen LogP contribution in [0.5, 0.6) is 0 Å². The van der Waals surface area contributed by atoms with E-state index in [9.17, 15) is 19.7 Å². The van der Waals surface area contributed by atoms with Gasteiger partial charge < -0.3 is 4.74 Å². The average molecular weight is 175 g/mol. The third-order valence-electron chi connectivity index (χ3n) is 0.930. The van der Waals surface area contributed by atoms with Crippen LogP contribution in [0.4, 0.5) is 0 Å². The lowest BCUT2D eigenvalue weighted by molar-refractivity contribution is -0.482. The summed E-state index contributed by atoms with van der Waals surface area (Å²) in [5.41, 5.74) is 0. The van der Waals surface area contributed by atoms with Gasteiger partial charge in [-0.25, -0.2) is 0 Å². The Morgan fingerprint density at radius 1 is 1.50 bits per heavy atom. The second-order valence-electron chi connectivity index (χ2n) is 2.16. The number of nitro groups is 1. The van der Waals surface area contributed by atoms with E-state index in [0.717, 1.165) is 0 Å². The molecule has 0 N–H and O–H groups in total. The van der Waals surface area contributed by atoms with E-state index >= 15 is 0 Å². The van der Waals surface area contributed by atoms with Crippen molar-refractivity contribution in [3.8, 4) is 0 Å². The molecular formula is C6H9NO5. The maximum absolute atomic E-state index is 10.6. The number of esters is 1. The molecule has 6 nitrogen and oxygen atoms in total. The highest BCUT2D eigenvalue weighted by Crippen LogP contribution is 1.87. The predicted octanol–water partition coefficient (Wildman–Crippen LogP) is -0.215. The molecule has 0 aliphatic heterocycles. The number of hydrogen-bond acceptors (Lipinski definition) is 5. The van der Waals surface area contributed by atoms with Gasteiger partial charge in [-0.2, -0.15) is 0 Å². The maximum atomic E-state index is 10.6. The first-order valence-electron chi connectivity index (χ1n) is 3.29. The van der Waals surface area contributed by atoms with E-state index < -0.39 is 17.4 Å². The molecule has 0 heterocycles. The Bertz CT molecular complexity index is 200. The molecule has 0 radical (unpaired) electrons. The molecule has 0 aliphatic carbocycles. The monoisotopic (exact) mass is 175 g/mol. The fourth-order valence-electron chi connectivity index (χ4n) is 0.488. The van der Waals surface area contributed by atoms with Crippen LogP contribution < -0.4 is 0 Å². The van der Waals surface area contributed by atoms with Crippen molar-refractivity contribution in [3.63, 3.8) is 0 Å². The predicted molar refractivity (Wildman–Crippen MR) is 38.1 cm³/mol. The summed E-state index contributed by atoms with van der Waals surface area (Å²) in [6, 6.07) is 0. The van der Waals surface area contributed by atoms with Crippen molar-refractivity contribution in [2.75, 3.05) is 13.2 Å². The number of carbonyl (C=O) groups excluding carboxylic acids is 2. The highest BCUT2D eigenvalue weighted by molar-refractivity contribution is 5.94. The van der Waals surface area contributed by atoms with Gasteiger partial charge in [0.1, 0.15) is 12.2 Å². The van der Waals surface area contributed by atoms with Crippen LogP contribution in [0.15, 0.2) is 0 Å². The van der Waals surface area contributed by atoms with Crippen molar-refractivity contribution in [2.24, 2.45) is 0 Å². The molecule has 12 heavy (non-hydrogen) atoms. The molecule has 0 aromatic rings. The number of rotatable bonds is 5. The van der Waals surface area contributed by atoms with Gasteiger partial charge in [-0.15, -0.1) is 0 Å². The van der Waals surface area contributed by atoms with Crippen LogP contribution in [0.1, 0.15) is 13.3 Å². The molecule has 0 saturated carbocycles. The fraction of sp³-hybridized carbons (Fsp3) is 0.667. The molecule has 0 aromatic heterocycles. The largest absolute Gasteiger partial charge is 0.458 e. The van der Waals surface area contributed by atoms with Crippen LogP contribution in [0, 0.1) is 10.1 Å². The van der Waals surface area contributed by atoms with Crippen LogP contribution >= 0.6 is 0 Å². The van der Waals surface area contributed by atoms with E-state index in [1.807, 2.05) is 0 Å². The van der Waals surface area contributed by atoms with Crippen molar-refractivity contribution < 1.29 is 19.2 Å². The summed E-state index contributed by atoms with van der Waals surface area (Å²) in [4.78, 5) is 30.0. The van der Waals surface area contributed by atoms with Gasteiger partial charge in [-0.05, 0) is 6.92 Å². The molecule has 0 fully saturated rings. The Kier molecular flexibility index (Phi) is 4.59. The summed E-state index contributed by atoms with van der Waals surface area (Å²) in [5, 5.41) is 9.75. The summed E-state index contributed by atoms with van der Waals surface area (Å²) in [5.74, 6) is -1.04. The van der Waals surface area contributed by atoms with Gasteiger partial charge in [0.2, 0.25) is 6.54 Å². The molecular weight excluding hydrogens is 166 g/mol. The van der Waals surface area contributed by atoms with Crippen molar-refractivity contribution in [1.29, 1.82) is 0 Å². The number of Topliss-reactive ketones (excluding diaryl/α,β-unsaturated/α-hetero) is 1. The number of ether oxygens (including phenoxy) is 1. The van der Waals surface area contributed by atoms with Gasteiger partial charge >= 0.3 is 5.97 Å². The van der Waals surface area contributed by atoms with E-state index in [-0.39, 0.29) is 18.8 Å². The Morgan fingerprint density at radius 2 is 2.08 bits per heavy atom. The van der Waals surface area contributed by atoms with E-state index in [1.54, 1.807) is 0 Å². The highest BCUT2D eigenvalue weighted by atomic mass is 16.6. The van der Waals surface area contributed by atoms with Gasteiger partial charge in [0.05, 0.1) is 0 Å². The topological polar surface area (TPSA) is 86.5 Å². The first-order valence-corrected chi connectivity index (χ1v) is 3.29. The molecule has 0 saturated heterocycles. The van der Waals surface area contributed by atoms with E-state index in [1.165, 1.54) is 6.92 Å². The first kappa shape index (κ1) is 10.5. The van der Waals surface area contributed by atoms with Crippen LogP contribution in [0.3, 0.4) is 0 Å². The van der Waals surface area contributed by atoms with Crippen LogP contribution in [0.2, 0.25) is 0 Å². The minimum Gasteiger partial charge on any atom is -0.458 e. The van der Waals surface area contributed by atoms with Crippen molar-refractivity contribution >= 4 is 11.8 Å². The first-order chi connectivity index (χ1) is 5.52. The second-order valence-corrected chi connectivity index (χ2v) is 2.16.